The van der Waals surface area contributed by atoms with Gasteiger partial charge in [0.25, 0.3) is 0 Å². The Morgan fingerprint density at radius 2 is 2.20 bits per heavy atom. The maximum Gasteiger partial charge on any atom is 0.185 e. The highest BCUT2D eigenvalue weighted by atomic mass is 16.5. The van der Waals surface area contributed by atoms with Gasteiger partial charge in [0.05, 0.1) is 7.11 Å². The maximum absolute atomic E-state index is 12.4. The molecule has 1 unspecified atom stereocenters. The SMILES string of the molecule is COc1cccnc1C(=O)CC1CNc2ccccc21. The highest BCUT2D eigenvalue weighted by Crippen LogP contribution is 2.34. The van der Waals surface area contributed by atoms with E-state index in [1.807, 2.05) is 18.2 Å². The van der Waals surface area contributed by atoms with Crippen LogP contribution in [0.3, 0.4) is 0 Å². The van der Waals surface area contributed by atoms with Crippen molar-refractivity contribution in [1.82, 2.24) is 4.98 Å². The second-order valence-corrected chi connectivity index (χ2v) is 4.85. The highest BCUT2D eigenvalue weighted by molar-refractivity contribution is 5.97. The number of ether oxygens (including phenoxy) is 1. The molecule has 1 aliphatic heterocycles. The molecule has 0 bridgehead atoms. The fourth-order valence-corrected chi connectivity index (χ4v) is 2.62. The number of methoxy groups -OCH3 is 1. The van der Waals surface area contributed by atoms with Crippen LogP contribution in [0.15, 0.2) is 42.6 Å². The number of Topliss-reactive ketones (excluding diaryl/α,β-unsaturated/α-hetero) is 1. The van der Waals surface area contributed by atoms with Gasteiger partial charge in [-0.05, 0) is 23.8 Å². The second kappa shape index (κ2) is 5.33. The zero-order valence-corrected chi connectivity index (χ0v) is 11.3. The molecule has 4 heteroatoms. The number of aromatic nitrogens is 1. The summed E-state index contributed by atoms with van der Waals surface area (Å²) in [6.45, 7) is 0.792. The molecule has 0 fully saturated rings. The minimum Gasteiger partial charge on any atom is -0.494 e. The molecule has 0 saturated carbocycles. The lowest BCUT2D eigenvalue weighted by Crippen LogP contribution is -2.11. The van der Waals surface area contributed by atoms with Crippen LogP contribution in [0.1, 0.15) is 28.4 Å². The van der Waals surface area contributed by atoms with E-state index in [4.69, 9.17) is 4.74 Å². The first-order chi connectivity index (χ1) is 9.79. The number of benzene rings is 1. The molecule has 2 aromatic rings. The van der Waals surface area contributed by atoms with E-state index in [1.54, 1.807) is 25.4 Å². The number of nitrogens with one attached hydrogen (secondary N) is 1. The Kier molecular flexibility index (Phi) is 3.37. The molecular weight excluding hydrogens is 252 g/mol. The number of hydrogen-bond acceptors (Lipinski definition) is 4. The third-order valence-electron chi connectivity index (χ3n) is 3.63. The van der Waals surface area contributed by atoms with Crippen molar-refractivity contribution in [2.75, 3.05) is 19.0 Å². The number of nitrogens with zero attached hydrogens (tertiary/aromatic N) is 1. The van der Waals surface area contributed by atoms with Gasteiger partial charge in [0, 0.05) is 30.8 Å². The van der Waals surface area contributed by atoms with E-state index >= 15 is 0 Å². The van der Waals surface area contributed by atoms with Crippen molar-refractivity contribution in [2.45, 2.75) is 12.3 Å². The first-order valence-electron chi connectivity index (χ1n) is 6.64. The Labute approximate surface area is 117 Å². The molecule has 0 saturated heterocycles. The lowest BCUT2D eigenvalue weighted by Gasteiger charge is -2.10. The van der Waals surface area contributed by atoms with E-state index in [0.29, 0.717) is 17.9 Å². The Balaban J connectivity index is 1.81. The number of para-hydroxylation sites is 1. The van der Waals surface area contributed by atoms with Crippen molar-refractivity contribution in [3.63, 3.8) is 0 Å². The highest BCUT2D eigenvalue weighted by Gasteiger charge is 2.26. The van der Waals surface area contributed by atoms with Crippen molar-refractivity contribution in [1.29, 1.82) is 0 Å². The summed E-state index contributed by atoms with van der Waals surface area (Å²) in [5.41, 5.74) is 2.74. The van der Waals surface area contributed by atoms with E-state index in [2.05, 4.69) is 16.4 Å². The lowest BCUT2D eigenvalue weighted by molar-refractivity contribution is 0.0967. The van der Waals surface area contributed by atoms with Crippen molar-refractivity contribution in [2.24, 2.45) is 0 Å². The number of carbonyl (C=O) groups excluding carboxylic acids is 1. The fraction of sp³-hybridized carbons (Fsp3) is 0.250. The first kappa shape index (κ1) is 12.7. The molecule has 1 N–H and O–H groups in total. The fourth-order valence-electron chi connectivity index (χ4n) is 2.62. The Morgan fingerprint density at radius 1 is 1.35 bits per heavy atom. The number of fused-ring (bicyclic) bond motifs is 1. The quantitative estimate of drug-likeness (QED) is 0.866. The van der Waals surface area contributed by atoms with Crippen LogP contribution in [0.4, 0.5) is 5.69 Å². The van der Waals surface area contributed by atoms with Gasteiger partial charge in [-0.2, -0.15) is 0 Å². The number of hydrogen-bond donors (Lipinski definition) is 1. The maximum atomic E-state index is 12.4. The average Bonchev–Trinajstić information content (AvgIpc) is 2.90. The number of rotatable bonds is 4. The Bertz CT molecular complexity index is 640. The molecule has 1 aromatic heterocycles. The van der Waals surface area contributed by atoms with Crippen LogP contribution in [0.25, 0.3) is 0 Å². The molecule has 1 atom stereocenters. The molecule has 4 nitrogen and oxygen atoms in total. The van der Waals surface area contributed by atoms with Gasteiger partial charge in [-0.25, -0.2) is 4.98 Å². The van der Waals surface area contributed by atoms with Gasteiger partial charge in [-0.3, -0.25) is 4.79 Å². The van der Waals surface area contributed by atoms with Crippen molar-refractivity contribution in [3.05, 3.63) is 53.9 Å². The molecule has 1 aromatic carbocycles. The molecular formula is C16H16N2O2. The van der Waals surface area contributed by atoms with Crippen molar-refractivity contribution in [3.8, 4) is 5.75 Å². The third-order valence-corrected chi connectivity index (χ3v) is 3.63. The van der Waals surface area contributed by atoms with Gasteiger partial charge in [0.1, 0.15) is 11.4 Å². The number of carbonyl (C=O) groups is 1. The summed E-state index contributed by atoms with van der Waals surface area (Å²) in [5, 5.41) is 3.33. The van der Waals surface area contributed by atoms with Crippen LogP contribution in [0, 0.1) is 0 Å². The van der Waals surface area contributed by atoms with E-state index < -0.39 is 0 Å². The summed E-state index contributed by atoms with van der Waals surface area (Å²) in [5.74, 6) is 0.758. The van der Waals surface area contributed by atoms with Gasteiger partial charge in [0.15, 0.2) is 5.78 Å². The third kappa shape index (κ3) is 2.25. The van der Waals surface area contributed by atoms with E-state index in [0.717, 1.165) is 12.2 Å². The predicted molar refractivity (Wildman–Crippen MR) is 77.4 cm³/mol. The largest absolute Gasteiger partial charge is 0.494 e. The minimum atomic E-state index is 0.0194. The van der Waals surface area contributed by atoms with Crippen LogP contribution >= 0.6 is 0 Å². The molecule has 2 heterocycles. The summed E-state index contributed by atoms with van der Waals surface area (Å²) in [6, 6.07) is 11.6. The molecule has 0 spiro atoms. The van der Waals surface area contributed by atoms with Crippen molar-refractivity contribution < 1.29 is 9.53 Å². The summed E-state index contributed by atoms with van der Waals surface area (Å²) in [4.78, 5) is 16.6. The normalized spacial score (nSPS) is 16.4. The lowest BCUT2D eigenvalue weighted by atomic mass is 9.94. The minimum absolute atomic E-state index is 0.0194. The zero-order valence-electron chi connectivity index (χ0n) is 11.3. The van der Waals surface area contributed by atoms with Crippen LogP contribution in [-0.2, 0) is 0 Å². The van der Waals surface area contributed by atoms with Crippen LogP contribution in [0.5, 0.6) is 5.75 Å². The van der Waals surface area contributed by atoms with E-state index in [9.17, 15) is 4.79 Å². The summed E-state index contributed by atoms with van der Waals surface area (Å²) in [6.07, 6.45) is 2.06. The molecule has 20 heavy (non-hydrogen) atoms. The van der Waals surface area contributed by atoms with E-state index in [-0.39, 0.29) is 11.7 Å². The molecule has 102 valence electrons. The molecule has 0 aliphatic carbocycles. The van der Waals surface area contributed by atoms with Gasteiger partial charge in [0.2, 0.25) is 0 Å². The smallest absolute Gasteiger partial charge is 0.185 e. The van der Waals surface area contributed by atoms with Gasteiger partial charge in [-0.15, -0.1) is 0 Å². The van der Waals surface area contributed by atoms with Gasteiger partial charge < -0.3 is 10.1 Å². The van der Waals surface area contributed by atoms with Crippen molar-refractivity contribution >= 4 is 11.5 Å². The first-order valence-corrected chi connectivity index (χ1v) is 6.64. The topological polar surface area (TPSA) is 51.2 Å². The number of anilines is 1. The monoisotopic (exact) mass is 268 g/mol. The number of ketones is 1. The van der Waals surface area contributed by atoms with Crippen LogP contribution in [-0.4, -0.2) is 24.4 Å². The summed E-state index contributed by atoms with van der Waals surface area (Å²) in [7, 11) is 1.56. The molecule has 0 radical (unpaired) electrons. The van der Waals surface area contributed by atoms with Gasteiger partial charge in [-0.1, -0.05) is 18.2 Å². The Hall–Kier alpha value is -2.36. The van der Waals surface area contributed by atoms with E-state index in [1.165, 1.54) is 5.56 Å². The molecule has 3 rings (SSSR count). The summed E-state index contributed by atoms with van der Waals surface area (Å²) >= 11 is 0. The average molecular weight is 268 g/mol. The second-order valence-electron chi connectivity index (χ2n) is 4.85. The summed E-state index contributed by atoms with van der Waals surface area (Å²) < 4.78 is 5.20. The van der Waals surface area contributed by atoms with Gasteiger partial charge >= 0.3 is 0 Å². The Morgan fingerprint density at radius 3 is 3.05 bits per heavy atom. The zero-order chi connectivity index (χ0) is 13.9. The van der Waals surface area contributed by atoms with Crippen LogP contribution < -0.4 is 10.1 Å². The standard InChI is InChI=1S/C16H16N2O2/c1-20-15-7-4-8-17-16(15)14(19)9-11-10-18-13-6-3-2-5-12(11)13/h2-8,11,18H,9-10H2,1H3. The van der Waals surface area contributed by atoms with Crippen LogP contribution in [0.2, 0.25) is 0 Å². The molecule has 1 aliphatic rings. The molecule has 0 amide bonds. The predicted octanol–water partition coefficient (Wildman–Crippen LogP) is 2.87. The number of pyridine rings is 1.